The first-order chi connectivity index (χ1) is 2.41. The fraction of sp³-hybridized carbons (Fsp3) is 0.750. The van der Waals surface area contributed by atoms with Crippen molar-refractivity contribution in [1.29, 1.82) is 0 Å². The third-order valence-corrected chi connectivity index (χ3v) is 0.352. The summed E-state index contributed by atoms with van der Waals surface area (Å²) in [7, 11) is 0. The fourth-order valence-electron chi connectivity index (χ4n) is 0.102. The molecule has 0 heterocycles. The predicted molar refractivity (Wildman–Crippen MR) is 20.6 cm³/mol. The molecule has 33 valence electrons. The summed E-state index contributed by atoms with van der Waals surface area (Å²) in [6.45, 7) is 1.95. The van der Waals surface area contributed by atoms with Crippen LogP contribution in [-0.2, 0) is 26.5 Å². The van der Waals surface area contributed by atoms with Crippen LogP contribution >= 0.6 is 0 Å². The zero-order chi connectivity index (χ0) is 4.12. The van der Waals surface area contributed by atoms with Crippen molar-refractivity contribution in [2.45, 2.75) is 19.8 Å². The zero-order valence-corrected chi connectivity index (χ0v) is 5.38. The second-order valence-corrected chi connectivity index (χ2v) is 0.894. The molecular formula is C4H7OTi. The van der Waals surface area contributed by atoms with Crippen molar-refractivity contribution in [3.05, 3.63) is 0 Å². The van der Waals surface area contributed by atoms with Gasteiger partial charge in [-0.05, 0) is 6.42 Å². The predicted octanol–water partition coefficient (Wildman–Crippen LogP) is 0.894. The molecular weight excluding hydrogens is 112 g/mol. The number of hydrogen-bond acceptors (Lipinski definition) is 1. The van der Waals surface area contributed by atoms with E-state index in [-0.39, 0.29) is 21.7 Å². The Morgan fingerprint density at radius 1 is 1.67 bits per heavy atom. The topological polar surface area (TPSA) is 17.1 Å². The SMILES string of the molecule is CCC[C]=O.[Ti]. The van der Waals surface area contributed by atoms with E-state index in [1.54, 1.807) is 6.29 Å². The molecule has 0 saturated carbocycles. The van der Waals surface area contributed by atoms with Gasteiger partial charge in [0.05, 0.1) is 0 Å². The van der Waals surface area contributed by atoms with Crippen LogP contribution in [0.5, 0.6) is 0 Å². The van der Waals surface area contributed by atoms with Gasteiger partial charge in [0.25, 0.3) is 0 Å². The number of rotatable bonds is 2. The summed E-state index contributed by atoms with van der Waals surface area (Å²) in [6.07, 6.45) is 3.27. The maximum atomic E-state index is 9.28. The minimum absolute atomic E-state index is 0. The van der Waals surface area contributed by atoms with Gasteiger partial charge in [-0.3, -0.25) is 4.79 Å². The molecule has 0 atom stereocenters. The van der Waals surface area contributed by atoms with Gasteiger partial charge in [-0.2, -0.15) is 0 Å². The molecule has 2 heteroatoms. The molecule has 0 bridgehead atoms. The second kappa shape index (κ2) is 9.04. The minimum Gasteiger partial charge on any atom is -0.291 e. The number of carbonyl (C=O) groups excluding carboxylic acids is 1. The Hall–Kier alpha value is 0.384. The third-order valence-electron chi connectivity index (χ3n) is 0.352. The summed E-state index contributed by atoms with van der Waals surface area (Å²) in [5, 5.41) is 0. The van der Waals surface area contributed by atoms with Gasteiger partial charge >= 0.3 is 0 Å². The Kier molecular flexibility index (Phi) is 14.5. The molecule has 0 unspecified atom stereocenters. The Morgan fingerprint density at radius 2 is 2.17 bits per heavy atom. The molecule has 0 aliphatic carbocycles. The van der Waals surface area contributed by atoms with Crippen LogP contribution in [0, 0.1) is 0 Å². The summed E-state index contributed by atoms with van der Waals surface area (Å²) in [5.74, 6) is 0. The maximum Gasteiger partial charge on any atom is 0.198 e. The third kappa shape index (κ3) is 8.83. The molecule has 6 heavy (non-hydrogen) atoms. The van der Waals surface area contributed by atoms with Crippen LogP contribution < -0.4 is 0 Å². The van der Waals surface area contributed by atoms with Gasteiger partial charge in [0, 0.05) is 28.1 Å². The molecule has 0 fully saturated rings. The summed E-state index contributed by atoms with van der Waals surface area (Å²) in [6, 6.07) is 0. The molecule has 0 amide bonds. The van der Waals surface area contributed by atoms with Crippen molar-refractivity contribution in [1.82, 2.24) is 0 Å². The minimum atomic E-state index is 0. The van der Waals surface area contributed by atoms with Gasteiger partial charge < -0.3 is 0 Å². The summed E-state index contributed by atoms with van der Waals surface area (Å²) in [4.78, 5) is 9.28. The Balaban J connectivity index is 0. The first-order valence-corrected chi connectivity index (χ1v) is 1.76. The van der Waals surface area contributed by atoms with Crippen molar-refractivity contribution < 1.29 is 26.5 Å². The van der Waals surface area contributed by atoms with E-state index in [4.69, 9.17) is 0 Å². The standard InChI is InChI=1S/C4H7O.Ti/c1-2-3-4-5;/h2-3H2,1H3;. The van der Waals surface area contributed by atoms with Crippen molar-refractivity contribution in [3.8, 4) is 0 Å². The summed E-state index contributed by atoms with van der Waals surface area (Å²) < 4.78 is 0. The molecule has 0 aromatic heterocycles. The quantitative estimate of drug-likeness (QED) is 0.493. The van der Waals surface area contributed by atoms with Crippen LogP contribution in [0.2, 0.25) is 0 Å². The molecule has 0 aliphatic rings. The van der Waals surface area contributed by atoms with Gasteiger partial charge in [-0.25, -0.2) is 0 Å². The van der Waals surface area contributed by atoms with Gasteiger partial charge in [-0.15, -0.1) is 0 Å². The van der Waals surface area contributed by atoms with Gasteiger partial charge in [0.2, 0.25) is 0 Å². The van der Waals surface area contributed by atoms with Gasteiger partial charge in [0.15, 0.2) is 6.29 Å². The molecule has 0 rings (SSSR count). The molecule has 0 N–H and O–H groups in total. The molecule has 0 spiro atoms. The first-order valence-electron chi connectivity index (χ1n) is 1.76. The van der Waals surface area contributed by atoms with Gasteiger partial charge in [0.1, 0.15) is 0 Å². The molecule has 1 radical (unpaired) electrons. The van der Waals surface area contributed by atoms with Crippen LogP contribution in [0.15, 0.2) is 0 Å². The Morgan fingerprint density at radius 3 is 2.17 bits per heavy atom. The Labute approximate surface area is 53.0 Å². The smallest absolute Gasteiger partial charge is 0.198 e. The van der Waals surface area contributed by atoms with E-state index in [9.17, 15) is 4.79 Å². The average Bonchev–Trinajstić information content (AvgIpc) is 1.41. The normalized spacial score (nSPS) is 6.17. The van der Waals surface area contributed by atoms with Crippen molar-refractivity contribution >= 4 is 6.29 Å². The van der Waals surface area contributed by atoms with Crippen LogP contribution in [0.3, 0.4) is 0 Å². The molecule has 0 saturated heterocycles. The monoisotopic (exact) mass is 119 g/mol. The average molecular weight is 119 g/mol. The molecule has 0 aromatic rings. The van der Waals surface area contributed by atoms with E-state index < -0.39 is 0 Å². The van der Waals surface area contributed by atoms with E-state index in [1.807, 2.05) is 6.92 Å². The van der Waals surface area contributed by atoms with Crippen LogP contribution in [-0.4, -0.2) is 6.29 Å². The zero-order valence-electron chi connectivity index (χ0n) is 3.82. The molecule has 1 nitrogen and oxygen atoms in total. The number of unbranched alkanes of at least 4 members (excludes halogenated alkanes) is 1. The summed E-state index contributed by atoms with van der Waals surface area (Å²) in [5.41, 5.74) is 0. The van der Waals surface area contributed by atoms with Crippen molar-refractivity contribution in [3.63, 3.8) is 0 Å². The van der Waals surface area contributed by atoms with E-state index in [1.165, 1.54) is 0 Å². The van der Waals surface area contributed by atoms with Gasteiger partial charge in [-0.1, -0.05) is 6.92 Å². The summed E-state index contributed by atoms with van der Waals surface area (Å²) >= 11 is 0. The van der Waals surface area contributed by atoms with Crippen LogP contribution in [0.25, 0.3) is 0 Å². The van der Waals surface area contributed by atoms with E-state index >= 15 is 0 Å². The van der Waals surface area contributed by atoms with Crippen LogP contribution in [0.4, 0.5) is 0 Å². The van der Waals surface area contributed by atoms with E-state index in [0.717, 1.165) is 6.42 Å². The maximum absolute atomic E-state index is 9.28. The van der Waals surface area contributed by atoms with E-state index in [0.29, 0.717) is 6.42 Å². The first kappa shape index (κ1) is 9.63. The van der Waals surface area contributed by atoms with Crippen LogP contribution in [0.1, 0.15) is 19.8 Å². The largest absolute Gasteiger partial charge is 0.291 e. The second-order valence-electron chi connectivity index (χ2n) is 0.894. The Bertz CT molecular complexity index is 28.7. The molecule has 0 aromatic carbocycles. The number of hydrogen-bond donors (Lipinski definition) is 0. The molecule has 0 aliphatic heterocycles. The van der Waals surface area contributed by atoms with E-state index in [2.05, 4.69) is 0 Å². The fourth-order valence-corrected chi connectivity index (χ4v) is 0.102. The van der Waals surface area contributed by atoms with Crippen molar-refractivity contribution in [2.24, 2.45) is 0 Å². The van der Waals surface area contributed by atoms with Crippen molar-refractivity contribution in [2.75, 3.05) is 0 Å².